The molecule has 2 N–H and O–H groups in total. The Morgan fingerprint density at radius 2 is 1.82 bits per heavy atom. The lowest BCUT2D eigenvalue weighted by atomic mass is 10.2. The number of rotatable bonds is 1. The number of nitrogens with zero attached hydrogens (tertiary/aromatic N) is 2. The zero-order chi connectivity index (χ0) is 11.8. The van der Waals surface area contributed by atoms with Crippen molar-refractivity contribution in [3.8, 4) is 11.4 Å². The van der Waals surface area contributed by atoms with Gasteiger partial charge < -0.3 is 5.73 Å². The topological polar surface area (TPSA) is 43.3 Å². The smallest absolute Gasteiger partial charge is 0.150 e. The van der Waals surface area contributed by atoms with Crippen molar-refractivity contribution in [3.63, 3.8) is 0 Å². The largest absolute Gasteiger partial charge is 0.382 e. The fourth-order valence-electron chi connectivity index (χ4n) is 2.13. The Morgan fingerprint density at radius 3 is 2.59 bits per heavy atom. The molecule has 0 unspecified atom stereocenters. The maximum atomic E-state index is 5.98. The minimum absolute atomic E-state index is 0.585. The molecule has 2 heterocycles. The van der Waals surface area contributed by atoms with Crippen LogP contribution in [0.25, 0.3) is 16.9 Å². The number of nitrogens with two attached hydrogens (primary N) is 1. The van der Waals surface area contributed by atoms with Gasteiger partial charge in [-0.2, -0.15) is 0 Å². The van der Waals surface area contributed by atoms with Gasteiger partial charge in [0.15, 0.2) is 5.82 Å². The molecule has 3 rings (SSSR count). The quantitative estimate of drug-likeness (QED) is 0.689. The lowest BCUT2D eigenvalue weighted by Crippen LogP contribution is -1.90. The minimum atomic E-state index is 0.585. The number of pyridine rings is 1. The van der Waals surface area contributed by atoms with Gasteiger partial charge in [0, 0.05) is 11.8 Å². The maximum Gasteiger partial charge on any atom is 0.150 e. The third-order valence-electron chi connectivity index (χ3n) is 2.92. The van der Waals surface area contributed by atoms with Crippen molar-refractivity contribution in [2.24, 2.45) is 0 Å². The highest BCUT2D eigenvalue weighted by molar-refractivity contribution is 5.76. The number of hydrogen-bond acceptors (Lipinski definition) is 2. The maximum absolute atomic E-state index is 5.98. The van der Waals surface area contributed by atoms with Crippen LogP contribution in [0, 0.1) is 6.92 Å². The summed E-state index contributed by atoms with van der Waals surface area (Å²) in [6, 6.07) is 14.1. The summed E-state index contributed by atoms with van der Waals surface area (Å²) in [5.74, 6) is 1.48. The van der Waals surface area contributed by atoms with Crippen LogP contribution in [-0.2, 0) is 0 Å². The molecule has 3 nitrogen and oxygen atoms in total. The second-order valence-corrected chi connectivity index (χ2v) is 4.10. The Hall–Kier alpha value is -2.29. The molecular weight excluding hydrogens is 210 g/mol. The summed E-state index contributed by atoms with van der Waals surface area (Å²) < 4.78 is 2.04. The second-order valence-electron chi connectivity index (χ2n) is 4.10. The number of anilines is 1. The van der Waals surface area contributed by atoms with Crippen LogP contribution in [0.3, 0.4) is 0 Å². The number of nitrogen functional groups attached to an aromatic ring is 1. The van der Waals surface area contributed by atoms with Crippen LogP contribution in [-0.4, -0.2) is 9.38 Å². The Bertz CT molecular complexity index is 669. The van der Waals surface area contributed by atoms with Crippen LogP contribution < -0.4 is 5.73 Å². The van der Waals surface area contributed by atoms with E-state index in [1.807, 2.05) is 60.0 Å². The van der Waals surface area contributed by atoms with Crippen molar-refractivity contribution in [3.05, 3.63) is 54.2 Å². The Labute approximate surface area is 99.5 Å². The van der Waals surface area contributed by atoms with Gasteiger partial charge in [0.1, 0.15) is 5.82 Å². The zero-order valence-electron chi connectivity index (χ0n) is 9.59. The molecule has 0 aliphatic carbocycles. The van der Waals surface area contributed by atoms with E-state index in [2.05, 4.69) is 4.98 Å². The third-order valence-corrected chi connectivity index (χ3v) is 2.92. The van der Waals surface area contributed by atoms with E-state index in [4.69, 9.17) is 5.73 Å². The van der Waals surface area contributed by atoms with Crippen LogP contribution >= 0.6 is 0 Å². The van der Waals surface area contributed by atoms with Crippen molar-refractivity contribution in [1.29, 1.82) is 0 Å². The summed E-state index contributed by atoms with van der Waals surface area (Å²) in [6.07, 6.45) is 1.99. The first kappa shape index (κ1) is 9.90. The standard InChI is InChI=1S/C14H13N3/c1-10-6-5-9-17-12(10)13(15)16-14(17)11-7-3-2-4-8-11/h2-9H,15H2,1H3. The monoisotopic (exact) mass is 223 g/mol. The predicted molar refractivity (Wildman–Crippen MR) is 69.8 cm³/mol. The van der Waals surface area contributed by atoms with Gasteiger partial charge in [0.2, 0.25) is 0 Å². The van der Waals surface area contributed by atoms with E-state index in [1.54, 1.807) is 0 Å². The Morgan fingerprint density at radius 1 is 1.06 bits per heavy atom. The molecule has 0 radical (unpaired) electrons. The molecule has 84 valence electrons. The van der Waals surface area contributed by atoms with Gasteiger partial charge in [-0.15, -0.1) is 0 Å². The Balaban J connectivity index is 2.36. The molecule has 0 aliphatic heterocycles. The predicted octanol–water partition coefficient (Wildman–Crippen LogP) is 2.89. The van der Waals surface area contributed by atoms with Crippen molar-refractivity contribution in [2.75, 3.05) is 5.73 Å². The zero-order valence-corrected chi connectivity index (χ0v) is 9.59. The van der Waals surface area contributed by atoms with Crippen molar-refractivity contribution in [1.82, 2.24) is 9.38 Å². The summed E-state index contributed by atoms with van der Waals surface area (Å²) in [7, 11) is 0. The normalized spacial score (nSPS) is 10.9. The van der Waals surface area contributed by atoms with E-state index < -0.39 is 0 Å². The van der Waals surface area contributed by atoms with Gasteiger partial charge in [-0.1, -0.05) is 36.4 Å². The molecule has 1 aromatic carbocycles. The van der Waals surface area contributed by atoms with Gasteiger partial charge >= 0.3 is 0 Å². The lowest BCUT2D eigenvalue weighted by molar-refractivity contribution is 1.15. The molecular formula is C14H13N3. The number of fused-ring (bicyclic) bond motifs is 1. The van der Waals surface area contributed by atoms with Crippen LogP contribution in [0.2, 0.25) is 0 Å². The highest BCUT2D eigenvalue weighted by atomic mass is 15.1. The summed E-state index contributed by atoms with van der Waals surface area (Å²) in [5.41, 5.74) is 9.19. The third kappa shape index (κ3) is 1.47. The Kier molecular flexibility index (Phi) is 2.11. The average Bonchev–Trinajstić information content (AvgIpc) is 2.69. The number of aromatic nitrogens is 2. The number of aryl methyl sites for hydroxylation is 1. The highest BCUT2D eigenvalue weighted by Gasteiger charge is 2.11. The van der Waals surface area contributed by atoms with Gasteiger partial charge in [-0.25, -0.2) is 4.98 Å². The first-order valence-corrected chi connectivity index (χ1v) is 5.56. The minimum Gasteiger partial charge on any atom is -0.382 e. The van der Waals surface area contributed by atoms with E-state index in [0.29, 0.717) is 5.82 Å². The van der Waals surface area contributed by atoms with Gasteiger partial charge in [-0.3, -0.25) is 4.40 Å². The molecule has 0 fully saturated rings. The van der Waals surface area contributed by atoms with Crippen molar-refractivity contribution >= 4 is 11.3 Å². The molecule has 0 bridgehead atoms. The second kappa shape index (κ2) is 3.63. The SMILES string of the molecule is Cc1cccn2c(-c3ccccc3)nc(N)c12. The van der Waals surface area contributed by atoms with Crippen LogP contribution in [0.15, 0.2) is 48.7 Å². The molecule has 2 aromatic heterocycles. The van der Waals surface area contributed by atoms with E-state index in [-0.39, 0.29) is 0 Å². The number of benzene rings is 1. The van der Waals surface area contributed by atoms with E-state index in [1.165, 1.54) is 0 Å². The molecule has 0 atom stereocenters. The first-order valence-electron chi connectivity index (χ1n) is 5.56. The lowest BCUT2D eigenvalue weighted by Gasteiger charge is -2.02. The molecule has 0 spiro atoms. The highest BCUT2D eigenvalue weighted by Crippen LogP contribution is 2.25. The van der Waals surface area contributed by atoms with Gasteiger partial charge in [0.25, 0.3) is 0 Å². The van der Waals surface area contributed by atoms with Crippen molar-refractivity contribution in [2.45, 2.75) is 6.92 Å². The van der Waals surface area contributed by atoms with Gasteiger partial charge in [0.05, 0.1) is 5.52 Å². The summed E-state index contributed by atoms with van der Waals surface area (Å²) in [4.78, 5) is 4.46. The fourth-order valence-corrected chi connectivity index (χ4v) is 2.13. The average molecular weight is 223 g/mol. The summed E-state index contributed by atoms with van der Waals surface area (Å²) in [5, 5.41) is 0. The number of imidazole rings is 1. The molecule has 3 aromatic rings. The molecule has 0 aliphatic rings. The molecule has 3 heteroatoms. The van der Waals surface area contributed by atoms with Crippen molar-refractivity contribution < 1.29 is 0 Å². The molecule has 17 heavy (non-hydrogen) atoms. The number of hydrogen-bond donors (Lipinski definition) is 1. The van der Waals surface area contributed by atoms with E-state index in [0.717, 1.165) is 22.5 Å². The summed E-state index contributed by atoms with van der Waals surface area (Å²) >= 11 is 0. The van der Waals surface area contributed by atoms with E-state index >= 15 is 0 Å². The fraction of sp³-hybridized carbons (Fsp3) is 0.0714. The molecule has 0 saturated heterocycles. The van der Waals surface area contributed by atoms with Crippen LogP contribution in [0.1, 0.15) is 5.56 Å². The first-order chi connectivity index (χ1) is 8.27. The van der Waals surface area contributed by atoms with Crippen LogP contribution in [0.5, 0.6) is 0 Å². The molecule has 0 amide bonds. The van der Waals surface area contributed by atoms with Gasteiger partial charge in [-0.05, 0) is 18.6 Å². The summed E-state index contributed by atoms with van der Waals surface area (Å²) in [6.45, 7) is 2.04. The van der Waals surface area contributed by atoms with Crippen LogP contribution in [0.4, 0.5) is 5.82 Å². The van der Waals surface area contributed by atoms with E-state index in [9.17, 15) is 0 Å². The molecule has 0 saturated carbocycles.